The van der Waals surface area contributed by atoms with E-state index < -0.39 is 0 Å². The summed E-state index contributed by atoms with van der Waals surface area (Å²) in [5.74, 6) is -0.0131. The number of likely N-dealkylation sites (N-methyl/N-ethyl adjacent to an activating group) is 2. The number of carbonyl (C=O) groups excluding carboxylic acids is 1. The maximum atomic E-state index is 13.2. The molecule has 0 saturated carbocycles. The SMILES string of the molecule is CN(Cc1c(C(=O)N(C)CCc2ccccc2)nc2sccn12)CC1CCNN1. The molecule has 0 radical (unpaired) electrons. The first-order valence-corrected chi connectivity index (χ1v) is 10.9. The van der Waals surface area contributed by atoms with E-state index in [4.69, 9.17) is 0 Å². The number of hydrazine groups is 1. The number of hydrogen-bond donors (Lipinski definition) is 2. The van der Waals surface area contributed by atoms with E-state index in [2.05, 4.69) is 44.3 Å². The van der Waals surface area contributed by atoms with Gasteiger partial charge in [-0.25, -0.2) is 4.98 Å². The second kappa shape index (κ2) is 9.04. The van der Waals surface area contributed by atoms with E-state index in [0.717, 1.165) is 36.6 Å². The van der Waals surface area contributed by atoms with Gasteiger partial charge in [-0.1, -0.05) is 30.3 Å². The van der Waals surface area contributed by atoms with Gasteiger partial charge >= 0.3 is 0 Å². The van der Waals surface area contributed by atoms with E-state index in [9.17, 15) is 4.79 Å². The quantitative estimate of drug-likeness (QED) is 0.593. The lowest BCUT2D eigenvalue weighted by atomic mass is 10.1. The largest absolute Gasteiger partial charge is 0.340 e. The van der Waals surface area contributed by atoms with Gasteiger partial charge in [-0.15, -0.1) is 11.3 Å². The monoisotopic (exact) mass is 412 g/mol. The lowest BCUT2D eigenvalue weighted by molar-refractivity contribution is 0.0789. The Labute approximate surface area is 175 Å². The highest BCUT2D eigenvalue weighted by Crippen LogP contribution is 2.20. The molecule has 1 fully saturated rings. The van der Waals surface area contributed by atoms with Crippen LogP contribution in [0.5, 0.6) is 0 Å². The summed E-state index contributed by atoms with van der Waals surface area (Å²) < 4.78 is 2.06. The third kappa shape index (κ3) is 4.67. The van der Waals surface area contributed by atoms with Crippen LogP contribution in [0.25, 0.3) is 4.96 Å². The summed E-state index contributed by atoms with van der Waals surface area (Å²) >= 11 is 1.56. The summed E-state index contributed by atoms with van der Waals surface area (Å²) in [7, 11) is 3.96. The number of imidazole rings is 1. The zero-order valence-electron chi connectivity index (χ0n) is 17.0. The third-order valence-electron chi connectivity index (χ3n) is 5.36. The Bertz CT molecular complexity index is 947. The first-order valence-electron chi connectivity index (χ1n) is 10.0. The highest BCUT2D eigenvalue weighted by Gasteiger charge is 2.24. The fourth-order valence-electron chi connectivity index (χ4n) is 3.75. The van der Waals surface area contributed by atoms with Crippen LogP contribution < -0.4 is 10.9 Å². The van der Waals surface area contributed by atoms with Crippen LogP contribution in [0, 0.1) is 0 Å². The molecular formula is C21H28N6OS. The van der Waals surface area contributed by atoms with Crippen molar-refractivity contribution in [1.29, 1.82) is 0 Å². The van der Waals surface area contributed by atoms with Gasteiger partial charge in [0, 0.05) is 50.8 Å². The number of rotatable bonds is 8. The summed E-state index contributed by atoms with van der Waals surface area (Å²) in [6, 6.07) is 10.7. The Hall–Kier alpha value is -2.26. The highest BCUT2D eigenvalue weighted by molar-refractivity contribution is 7.15. The molecule has 3 heterocycles. The minimum Gasteiger partial charge on any atom is -0.340 e. The minimum atomic E-state index is -0.0131. The van der Waals surface area contributed by atoms with E-state index in [1.165, 1.54) is 5.56 Å². The van der Waals surface area contributed by atoms with Gasteiger partial charge in [0.05, 0.1) is 5.69 Å². The average Bonchev–Trinajstić information content (AvgIpc) is 3.46. The van der Waals surface area contributed by atoms with E-state index in [1.54, 1.807) is 16.2 Å². The van der Waals surface area contributed by atoms with Gasteiger partial charge in [-0.05, 0) is 25.5 Å². The first-order chi connectivity index (χ1) is 14.1. The van der Waals surface area contributed by atoms with E-state index in [-0.39, 0.29) is 5.91 Å². The molecule has 1 saturated heterocycles. The standard InChI is InChI=1S/C21H28N6OS/c1-25(14-17-8-10-22-24-17)15-18-19(23-21-27(18)12-13-29-21)20(28)26(2)11-9-16-6-4-3-5-7-16/h3-7,12-13,17,22,24H,8-11,14-15H2,1-2H3. The normalized spacial score (nSPS) is 16.7. The molecule has 1 aliphatic rings. The average molecular weight is 413 g/mol. The van der Waals surface area contributed by atoms with E-state index >= 15 is 0 Å². The lowest BCUT2D eigenvalue weighted by Gasteiger charge is -2.22. The molecule has 4 rings (SSSR count). The number of thiazole rings is 1. The summed E-state index contributed by atoms with van der Waals surface area (Å²) in [5.41, 5.74) is 9.24. The van der Waals surface area contributed by atoms with Crippen molar-refractivity contribution >= 4 is 22.2 Å². The molecule has 0 spiro atoms. The van der Waals surface area contributed by atoms with Gasteiger partial charge < -0.3 is 4.90 Å². The zero-order valence-corrected chi connectivity index (χ0v) is 17.8. The maximum absolute atomic E-state index is 13.2. The molecule has 1 aliphatic heterocycles. The molecule has 1 amide bonds. The molecule has 154 valence electrons. The van der Waals surface area contributed by atoms with Crippen LogP contribution in [0.3, 0.4) is 0 Å². The molecule has 3 aromatic rings. The number of carbonyl (C=O) groups is 1. The Balaban J connectivity index is 1.47. The zero-order chi connectivity index (χ0) is 20.2. The Kier molecular flexibility index (Phi) is 6.25. The number of hydrogen-bond acceptors (Lipinski definition) is 6. The molecule has 1 atom stereocenters. The number of fused-ring (bicyclic) bond motifs is 1. The molecule has 1 aromatic carbocycles. The van der Waals surface area contributed by atoms with Crippen LogP contribution in [0.4, 0.5) is 0 Å². The number of benzene rings is 1. The highest BCUT2D eigenvalue weighted by atomic mass is 32.1. The number of nitrogens with one attached hydrogen (secondary N) is 2. The molecule has 8 heteroatoms. The number of aromatic nitrogens is 2. The Morgan fingerprint density at radius 2 is 2.14 bits per heavy atom. The summed E-state index contributed by atoms with van der Waals surface area (Å²) in [4.78, 5) is 22.8. The van der Waals surface area contributed by atoms with Crippen molar-refractivity contribution in [3.8, 4) is 0 Å². The van der Waals surface area contributed by atoms with E-state index in [1.807, 2.05) is 36.8 Å². The molecule has 2 aromatic heterocycles. The van der Waals surface area contributed by atoms with Crippen LogP contribution >= 0.6 is 11.3 Å². The molecule has 2 N–H and O–H groups in total. The molecule has 1 unspecified atom stereocenters. The lowest BCUT2D eigenvalue weighted by Crippen LogP contribution is -2.39. The van der Waals surface area contributed by atoms with Crippen molar-refractivity contribution < 1.29 is 4.79 Å². The molecule has 0 aliphatic carbocycles. The van der Waals surface area contributed by atoms with Gasteiger partial charge in [-0.2, -0.15) is 0 Å². The fourth-order valence-corrected chi connectivity index (χ4v) is 4.48. The van der Waals surface area contributed by atoms with Gasteiger partial charge in [0.25, 0.3) is 5.91 Å². The summed E-state index contributed by atoms with van der Waals surface area (Å²) in [6.07, 6.45) is 3.95. The minimum absolute atomic E-state index is 0.0131. The van der Waals surface area contributed by atoms with Crippen molar-refractivity contribution in [2.24, 2.45) is 0 Å². The smallest absolute Gasteiger partial charge is 0.274 e. The van der Waals surface area contributed by atoms with Crippen LogP contribution in [0.1, 0.15) is 28.2 Å². The van der Waals surface area contributed by atoms with Crippen molar-refractivity contribution in [1.82, 2.24) is 30.0 Å². The Morgan fingerprint density at radius 1 is 1.31 bits per heavy atom. The maximum Gasteiger partial charge on any atom is 0.274 e. The topological polar surface area (TPSA) is 64.9 Å². The Morgan fingerprint density at radius 3 is 2.90 bits per heavy atom. The van der Waals surface area contributed by atoms with Crippen molar-refractivity contribution in [3.63, 3.8) is 0 Å². The summed E-state index contributed by atoms with van der Waals surface area (Å²) in [6.45, 7) is 3.27. The summed E-state index contributed by atoms with van der Waals surface area (Å²) in [5, 5.41) is 2.02. The van der Waals surface area contributed by atoms with Gasteiger partial charge in [0.1, 0.15) is 0 Å². The van der Waals surface area contributed by atoms with Crippen LogP contribution in [0.2, 0.25) is 0 Å². The molecule has 0 bridgehead atoms. The van der Waals surface area contributed by atoms with Crippen LogP contribution in [-0.4, -0.2) is 64.9 Å². The predicted octanol–water partition coefficient (Wildman–Crippen LogP) is 2.01. The van der Waals surface area contributed by atoms with Crippen LogP contribution in [-0.2, 0) is 13.0 Å². The van der Waals surface area contributed by atoms with Crippen molar-refractivity contribution in [2.45, 2.75) is 25.4 Å². The van der Waals surface area contributed by atoms with Crippen molar-refractivity contribution in [3.05, 3.63) is 58.9 Å². The fraction of sp³-hybridized carbons (Fsp3) is 0.429. The third-order valence-corrected chi connectivity index (χ3v) is 6.12. The van der Waals surface area contributed by atoms with Gasteiger partial charge in [0.2, 0.25) is 0 Å². The second-order valence-electron chi connectivity index (χ2n) is 7.68. The van der Waals surface area contributed by atoms with Gasteiger partial charge in [0.15, 0.2) is 10.7 Å². The van der Waals surface area contributed by atoms with Crippen molar-refractivity contribution in [2.75, 3.05) is 33.7 Å². The number of nitrogens with zero attached hydrogens (tertiary/aromatic N) is 4. The van der Waals surface area contributed by atoms with E-state index in [0.29, 0.717) is 24.8 Å². The number of amides is 1. The van der Waals surface area contributed by atoms with Crippen LogP contribution in [0.15, 0.2) is 41.9 Å². The molecule has 7 nitrogen and oxygen atoms in total. The second-order valence-corrected chi connectivity index (χ2v) is 8.55. The van der Waals surface area contributed by atoms with Gasteiger partial charge in [-0.3, -0.25) is 24.9 Å². The molecular weight excluding hydrogens is 384 g/mol. The predicted molar refractivity (Wildman–Crippen MR) is 116 cm³/mol. The first kappa shape index (κ1) is 20.0. The molecule has 29 heavy (non-hydrogen) atoms.